The summed E-state index contributed by atoms with van der Waals surface area (Å²) >= 11 is 8.08. The van der Waals surface area contributed by atoms with Gasteiger partial charge in [0, 0.05) is 22.1 Å². The van der Waals surface area contributed by atoms with Gasteiger partial charge < -0.3 is 5.32 Å². The minimum Gasteiger partial charge on any atom is -0.313 e. The maximum absolute atomic E-state index is 6.05. The van der Waals surface area contributed by atoms with Crippen molar-refractivity contribution in [2.45, 2.75) is 30.4 Å². The van der Waals surface area contributed by atoms with Crippen LogP contribution in [-0.4, -0.2) is 12.3 Å². The minimum atomic E-state index is 0.448. The standard InChI is InChI=1S/C12H16ClNS/c1-8-5-12(14-2)11-6-10(13)4-3-9(11)7-15-8/h3-4,6,8,12,14H,5,7H2,1-2H3. The first-order valence-corrected chi connectivity index (χ1v) is 6.70. The Morgan fingerprint density at radius 2 is 2.27 bits per heavy atom. The van der Waals surface area contributed by atoms with Crippen LogP contribution in [-0.2, 0) is 5.75 Å². The van der Waals surface area contributed by atoms with Crippen molar-refractivity contribution in [3.05, 3.63) is 34.3 Å². The maximum Gasteiger partial charge on any atom is 0.0409 e. The molecule has 0 amide bonds. The average molecular weight is 242 g/mol. The van der Waals surface area contributed by atoms with Gasteiger partial charge in [0.25, 0.3) is 0 Å². The first kappa shape index (κ1) is 11.3. The molecule has 2 unspecified atom stereocenters. The Kier molecular flexibility index (Phi) is 3.60. The number of hydrogen-bond donors (Lipinski definition) is 1. The lowest BCUT2D eigenvalue weighted by molar-refractivity contribution is 0.549. The molecule has 2 rings (SSSR count). The van der Waals surface area contributed by atoms with Crippen LogP contribution in [0.4, 0.5) is 0 Å². The molecule has 3 heteroatoms. The molecule has 1 aromatic rings. The quantitative estimate of drug-likeness (QED) is 0.806. The fraction of sp³-hybridized carbons (Fsp3) is 0.500. The molecule has 0 bridgehead atoms. The van der Waals surface area contributed by atoms with Crippen LogP contribution in [0.25, 0.3) is 0 Å². The molecule has 1 aliphatic rings. The van der Waals surface area contributed by atoms with Gasteiger partial charge in [-0.2, -0.15) is 11.8 Å². The van der Waals surface area contributed by atoms with Crippen LogP contribution < -0.4 is 5.32 Å². The van der Waals surface area contributed by atoms with Crippen LogP contribution in [0.3, 0.4) is 0 Å². The summed E-state index contributed by atoms with van der Waals surface area (Å²) in [5, 5.41) is 4.93. The van der Waals surface area contributed by atoms with E-state index in [-0.39, 0.29) is 0 Å². The summed E-state index contributed by atoms with van der Waals surface area (Å²) in [4.78, 5) is 0. The number of thioether (sulfide) groups is 1. The molecule has 1 aliphatic heterocycles. The van der Waals surface area contributed by atoms with E-state index in [9.17, 15) is 0 Å². The fourth-order valence-electron chi connectivity index (χ4n) is 2.05. The highest BCUT2D eigenvalue weighted by Crippen LogP contribution is 2.35. The van der Waals surface area contributed by atoms with Crippen molar-refractivity contribution < 1.29 is 0 Å². The fourth-order valence-corrected chi connectivity index (χ4v) is 3.29. The third kappa shape index (κ3) is 2.49. The molecule has 0 fully saturated rings. The Bertz CT molecular complexity index is 353. The van der Waals surface area contributed by atoms with Crippen LogP contribution in [0, 0.1) is 0 Å². The number of nitrogens with one attached hydrogen (secondary N) is 1. The molecule has 0 aliphatic carbocycles. The van der Waals surface area contributed by atoms with Gasteiger partial charge >= 0.3 is 0 Å². The SMILES string of the molecule is CNC1CC(C)SCc2ccc(Cl)cc21. The van der Waals surface area contributed by atoms with Gasteiger partial charge in [-0.15, -0.1) is 0 Å². The number of hydrogen-bond acceptors (Lipinski definition) is 2. The summed E-state index contributed by atoms with van der Waals surface area (Å²) in [6.07, 6.45) is 1.18. The second-order valence-corrected chi connectivity index (χ2v) is 5.90. The van der Waals surface area contributed by atoms with Crippen LogP contribution in [0.2, 0.25) is 5.02 Å². The van der Waals surface area contributed by atoms with Gasteiger partial charge in [0.1, 0.15) is 0 Å². The summed E-state index contributed by atoms with van der Waals surface area (Å²) in [7, 11) is 2.03. The number of rotatable bonds is 1. The lowest BCUT2D eigenvalue weighted by Crippen LogP contribution is -2.19. The Labute approximate surface area is 101 Å². The van der Waals surface area contributed by atoms with Crippen molar-refractivity contribution in [3.63, 3.8) is 0 Å². The van der Waals surface area contributed by atoms with Crippen molar-refractivity contribution in [3.8, 4) is 0 Å². The first-order valence-electron chi connectivity index (χ1n) is 5.28. The van der Waals surface area contributed by atoms with Gasteiger partial charge in [-0.1, -0.05) is 24.6 Å². The molecular weight excluding hydrogens is 226 g/mol. The molecule has 2 atom stereocenters. The van der Waals surface area contributed by atoms with Crippen LogP contribution in [0.5, 0.6) is 0 Å². The predicted octanol–water partition coefficient (Wildman–Crippen LogP) is 3.63. The Balaban J connectivity index is 2.39. The molecule has 0 radical (unpaired) electrons. The number of halogens is 1. The Hall–Kier alpha value is -0.180. The molecule has 1 aromatic carbocycles. The van der Waals surface area contributed by atoms with Crippen molar-refractivity contribution in [2.75, 3.05) is 7.05 Å². The van der Waals surface area contributed by atoms with Crippen molar-refractivity contribution >= 4 is 23.4 Å². The van der Waals surface area contributed by atoms with Crippen molar-refractivity contribution in [1.82, 2.24) is 5.32 Å². The number of benzene rings is 1. The zero-order valence-electron chi connectivity index (χ0n) is 9.09. The minimum absolute atomic E-state index is 0.448. The molecule has 0 aromatic heterocycles. The first-order chi connectivity index (χ1) is 7.20. The summed E-state index contributed by atoms with van der Waals surface area (Å²) in [5.41, 5.74) is 2.80. The molecule has 15 heavy (non-hydrogen) atoms. The lowest BCUT2D eigenvalue weighted by atomic mass is 9.98. The summed E-state index contributed by atoms with van der Waals surface area (Å²) < 4.78 is 0. The molecule has 1 N–H and O–H groups in total. The van der Waals surface area contributed by atoms with Gasteiger partial charge in [0.2, 0.25) is 0 Å². The highest BCUT2D eigenvalue weighted by atomic mass is 35.5. The smallest absolute Gasteiger partial charge is 0.0409 e. The van der Waals surface area contributed by atoms with E-state index in [0.29, 0.717) is 11.3 Å². The van der Waals surface area contributed by atoms with E-state index < -0.39 is 0 Å². The van der Waals surface area contributed by atoms with Gasteiger partial charge in [-0.05, 0) is 36.7 Å². The number of fused-ring (bicyclic) bond motifs is 1. The lowest BCUT2D eigenvalue weighted by Gasteiger charge is -2.18. The summed E-state index contributed by atoms with van der Waals surface area (Å²) in [6.45, 7) is 2.29. The van der Waals surface area contributed by atoms with Gasteiger partial charge in [-0.25, -0.2) is 0 Å². The second kappa shape index (κ2) is 4.77. The van der Waals surface area contributed by atoms with Crippen LogP contribution >= 0.6 is 23.4 Å². The topological polar surface area (TPSA) is 12.0 Å². The zero-order chi connectivity index (χ0) is 10.8. The third-order valence-electron chi connectivity index (χ3n) is 2.92. The van der Waals surface area contributed by atoms with Crippen LogP contribution in [0.1, 0.15) is 30.5 Å². The highest BCUT2D eigenvalue weighted by molar-refractivity contribution is 7.99. The highest BCUT2D eigenvalue weighted by Gasteiger charge is 2.21. The van der Waals surface area contributed by atoms with E-state index in [2.05, 4.69) is 24.4 Å². The second-order valence-electron chi connectivity index (χ2n) is 4.04. The largest absolute Gasteiger partial charge is 0.313 e. The maximum atomic E-state index is 6.05. The molecule has 82 valence electrons. The van der Waals surface area contributed by atoms with Crippen molar-refractivity contribution in [2.24, 2.45) is 0 Å². The molecule has 0 saturated carbocycles. The van der Waals surface area contributed by atoms with Crippen LogP contribution in [0.15, 0.2) is 18.2 Å². The molecular formula is C12H16ClNS. The Morgan fingerprint density at radius 1 is 1.47 bits per heavy atom. The van der Waals surface area contributed by atoms with E-state index in [4.69, 9.17) is 11.6 Å². The molecule has 1 heterocycles. The normalized spacial score (nSPS) is 25.8. The zero-order valence-corrected chi connectivity index (χ0v) is 10.7. The van der Waals surface area contributed by atoms with Gasteiger partial charge in [0.15, 0.2) is 0 Å². The predicted molar refractivity (Wildman–Crippen MR) is 68.6 cm³/mol. The van der Waals surface area contributed by atoms with Gasteiger partial charge in [-0.3, -0.25) is 0 Å². The van der Waals surface area contributed by atoms with Gasteiger partial charge in [0.05, 0.1) is 0 Å². The average Bonchev–Trinajstić information content (AvgIpc) is 2.38. The van der Waals surface area contributed by atoms with E-state index in [1.54, 1.807) is 0 Å². The molecule has 1 nitrogen and oxygen atoms in total. The monoisotopic (exact) mass is 241 g/mol. The van der Waals surface area contributed by atoms with E-state index in [1.807, 2.05) is 24.9 Å². The third-order valence-corrected chi connectivity index (χ3v) is 4.40. The van der Waals surface area contributed by atoms with E-state index >= 15 is 0 Å². The van der Waals surface area contributed by atoms with Crippen molar-refractivity contribution in [1.29, 1.82) is 0 Å². The molecule has 0 spiro atoms. The molecule has 0 saturated heterocycles. The summed E-state index contributed by atoms with van der Waals surface area (Å²) in [5.74, 6) is 1.10. The van der Waals surface area contributed by atoms with E-state index in [1.165, 1.54) is 17.5 Å². The van der Waals surface area contributed by atoms with E-state index in [0.717, 1.165) is 10.8 Å². The summed E-state index contributed by atoms with van der Waals surface area (Å²) in [6, 6.07) is 6.71. The Morgan fingerprint density at radius 3 is 3.00 bits per heavy atom.